The van der Waals surface area contributed by atoms with Crippen LogP contribution in [0.25, 0.3) is 0 Å². The summed E-state index contributed by atoms with van der Waals surface area (Å²) in [5.74, 6) is -0.231. The minimum absolute atomic E-state index is 0.0580. The van der Waals surface area contributed by atoms with Gasteiger partial charge in [0.1, 0.15) is 6.54 Å². The summed E-state index contributed by atoms with van der Waals surface area (Å²) >= 11 is 0. The molecule has 0 aliphatic rings. The minimum Gasteiger partial charge on any atom is -0.462 e. The van der Waals surface area contributed by atoms with Gasteiger partial charge in [-0.3, -0.25) is 4.79 Å². The highest BCUT2D eigenvalue weighted by molar-refractivity contribution is 5.75. The third kappa shape index (κ3) is 4.49. The van der Waals surface area contributed by atoms with Gasteiger partial charge in [-0.2, -0.15) is 0 Å². The lowest BCUT2D eigenvalue weighted by Crippen LogP contribution is -2.20. The molecule has 0 radical (unpaired) electrons. The molecule has 0 fully saturated rings. The largest absolute Gasteiger partial charge is 0.462 e. The molecule has 0 aliphatic heterocycles. The number of hydrogen-bond acceptors (Lipinski definition) is 3. The van der Waals surface area contributed by atoms with Crippen LogP contribution in [0.1, 0.15) is 19.4 Å². The van der Waals surface area contributed by atoms with Gasteiger partial charge in [0.2, 0.25) is 0 Å². The Bertz CT molecular complexity index is 317. The maximum Gasteiger partial charge on any atom is 0.325 e. The van der Waals surface area contributed by atoms with Gasteiger partial charge < -0.3 is 10.1 Å². The zero-order valence-electron chi connectivity index (χ0n) is 9.41. The van der Waals surface area contributed by atoms with Gasteiger partial charge >= 0.3 is 5.97 Å². The third-order valence-electron chi connectivity index (χ3n) is 1.86. The van der Waals surface area contributed by atoms with Crippen molar-refractivity contribution in [1.82, 2.24) is 0 Å². The van der Waals surface area contributed by atoms with Crippen LogP contribution in [-0.4, -0.2) is 18.6 Å². The first kappa shape index (κ1) is 11.6. The van der Waals surface area contributed by atoms with Crippen LogP contribution in [0.3, 0.4) is 0 Å². The van der Waals surface area contributed by atoms with Crippen LogP contribution < -0.4 is 5.32 Å². The van der Waals surface area contributed by atoms with E-state index in [1.165, 1.54) is 5.56 Å². The highest BCUT2D eigenvalue weighted by Gasteiger charge is 2.04. The Morgan fingerprint density at radius 2 is 1.93 bits per heavy atom. The highest BCUT2D eigenvalue weighted by atomic mass is 16.5. The first-order valence-electron chi connectivity index (χ1n) is 5.08. The number of aryl methyl sites for hydroxylation is 1. The summed E-state index contributed by atoms with van der Waals surface area (Å²) in [7, 11) is 0. The van der Waals surface area contributed by atoms with E-state index in [4.69, 9.17) is 4.74 Å². The van der Waals surface area contributed by atoms with Crippen molar-refractivity contribution in [2.45, 2.75) is 26.9 Å². The number of nitrogens with one attached hydrogen (secondary N) is 1. The van der Waals surface area contributed by atoms with Crippen molar-refractivity contribution < 1.29 is 9.53 Å². The molecule has 0 bridgehead atoms. The average Bonchev–Trinajstić information content (AvgIpc) is 2.16. The molecule has 0 atom stereocenters. The second kappa shape index (κ2) is 5.39. The monoisotopic (exact) mass is 207 g/mol. The van der Waals surface area contributed by atoms with E-state index in [1.54, 1.807) is 0 Å². The van der Waals surface area contributed by atoms with Gasteiger partial charge in [0, 0.05) is 5.69 Å². The summed E-state index contributed by atoms with van der Waals surface area (Å²) in [6.07, 6.45) is -0.0580. The molecule has 0 heterocycles. The number of benzene rings is 1. The van der Waals surface area contributed by atoms with E-state index in [0.29, 0.717) is 0 Å². The molecular weight excluding hydrogens is 190 g/mol. The number of anilines is 1. The van der Waals surface area contributed by atoms with Gasteiger partial charge in [0.25, 0.3) is 0 Å². The molecule has 1 aromatic rings. The maximum absolute atomic E-state index is 11.2. The lowest BCUT2D eigenvalue weighted by molar-refractivity contribution is -0.145. The smallest absolute Gasteiger partial charge is 0.325 e. The van der Waals surface area contributed by atoms with Crippen LogP contribution in [-0.2, 0) is 9.53 Å². The van der Waals surface area contributed by atoms with Crippen molar-refractivity contribution >= 4 is 11.7 Å². The van der Waals surface area contributed by atoms with Crippen molar-refractivity contribution in [2.24, 2.45) is 0 Å². The van der Waals surface area contributed by atoms with E-state index < -0.39 is 0 Å². The number of carbonyl (C=O) groups excluding carboxylic acids is 1. The second-order valence-corrected chi connectivity index (χ2v) is 3.76. The zero-order valence-corrected chi connectivity index (χ0v) is 9.41. The Morgan fingerprint density at radius 1 is 1.33 bits per heavy atom. The van der Waals surface area contributed by atoms with E-state index in [9.17, 15) is 4.79 Å². The molecule has 0 aromatic heterocycles. The minimum atomic E-state index is -0.231. The second-order valence-electron chi connectivity index (χ2n) is 3.76. The molecule has 0 amide bonds. The third-order valence-corrected chi connectivity index (χ3v) is 1.86. The van der Waals surface area contributed by atoms with E-state index in [1.807, 2.05) is 45.0 Å². The van der Waals surface area contributed by atoms with Crippen LogP contribution in [0.4, 0.5) is 5.69 Å². The summed E-state index contributed by atoms with van der Waals surface area (Å²) in [5, 5.41) is 3.00. The van der Waals surface area contributed by atoms with Crippen LogP contribution in [0.15, 0.2) is 24.3 Å². The van der Waals surface area contributed by atoms with Gasteiger partial charge in [-0.25, -0.2) is 0 Å². The summed E-state index contributed by atoms with van der Waals surface area (Å²) in [6, 6.07) is 7.88. The van der Waals surface area contributed by atoms with Crippen LogP contribution in [0, 0.1) is 6.92 Å². The molecule has 82 valence electrons. The molecule has 3 heteroatoms. The highest BCUT2D eigenvalue weighted by Crippen LogP contribution is 2.07. The molecular formula is C12H17NO2. The van der Waals surface area contributed by atoms with Gasteiger partial charge in [0.05, 0.1) is 6.10 Å². The van der Waals surface area contributed by atoms with Crippen LogP contribution in [0.5, 0.6) is 0 Å². The van der Waals surface area contributed by atoms with Crippen molar-refractivity contribution in [3.05, 3.63) is 29.8 Å². The molecule has 1 N–H and O–H groups in total. The van der Waals surface area contributed by atoms with Crippen LogP contribution in [0.2, 0.25) is 0 Å². The van der Waals surface area contributed by atoms with Gasteiger partial charge in [-0.15, -0.1) is 0 Å². The zero-order chi connectivity index (χ0) is 11.3. The Hall–Kier alpha value is -1.51. The number of esters is 1. The fraction of sp³-hybridized carbons (Fsp3) is 0.417. The Labute approximate surface area is 90.4 Å². The number of hydrogen-bond donors (Lipinski definition) is 1. The summed E-state index contributed by atoms with van der Waals surface area (Å²) in [5.41, 5.74) is 2.13. The molecule has 0 spiro atoms. The lowest BCUT2D eigenvalue weighted by Gasteiger charge is -2.09. The summed E-state index contributed by atoms with van der Waals surface area (Å²) in [4.78, 5) is 11.2. The number of rotatable bonds is 4. The van der Waals surface area contributed by atoms with Crippen molar-refractivity contribution in [3.63, 3.8) is 0 Å². The Morgan fingerprint density at radius 3 is 2.47 bits per heavy atom. The summed E-state index contributed by atoms with van der Waals surface area (Å²) < 4.78 is 4.99. The first-order valence-corrected chi connectivity index (χ1v) is 5.08. The fourth-order valence-electron chi connectivity index (χ4n) is 1.15. The maximum atomic E-state index is 11.2. The molecule has 1 rings (SSSR count). The van der Waals surface area contributed by atoms with E-state index in [-0.39, 0.29) is 18.6 Å². The van der Waals surface area contributed by atoms with E-state index in [2.05, 4.69) is 5.32 Å². The quantitative estimate of drug-likeness (QED) is 0.770. The van der Waals surface area contributed by atoms with Crippen LogP contribution >= 0.6 is 0 Å². The average molecular weight is 207 g/mol. The Kier molecular flexibility index (Phi) is 4.16. The first-order chi connectivity index (χ1) is 7.08. The van der Waals surface area contributed by atoms with E-state index in [0.717, 1.165) is 5.69 Å². The lowest BCUT2D eigenvalue weighted by atomic mass is 10.2. The topological polar surface area (TPSA) is 38.3 Å². The predicted molar refractivity (Wildman–Crippen MR) is 60.9 cm³/mol. The Balaban J connectivity index is 2.37. The van der Waals surface area contributed by atoms with Gasteiger partial charge in [-0.1, -0.05) is 17.7 Å². The molecule has 0 saturated carbocycles. The molecule has 0 saturated heterocycles. The predicted octanol–water partition coefficient (Wildman–Crippen LogP) is 2.36. The van der Waals surface area contributed by atoms with Gasteiger partial charge in [0.15, 0.2) is 0 Å². The fourth-order valence-corrected chi connectivity index (χ4v) is 1.15. The number of carbonyl (C=O) groups is 1. The molecule has 1 aromatic carbocycles. The normalized spacial score (nSPS) is 10.1. The molecule has 0 aliphatic carbocycles. The number of ether oxygens (including phenoxy) is 1. The van der Waals surface area contributed by atoms with E-state index >= 15 is 0 Å². The van der Waals surface area contributed by atoms with Crippen molar-refractivity contribution in [2.75, 3.05) is 11.9 Å². The molecule has 0 unspecified atom stereocenters. The van der Waals surface area contributed by atoms with Crippen molar-refractivity contribution in [3.8, 4) is 0 Å². The summed E-state index contributed by atoms with van der Waals surface area (Å²) in [6.45, 7) is 5.91. The molecule has 3 nitrogen and oxygen atoms in total. The van der Waals surface area contributed by atoms with Gasteiger partial charge in [-0.05, 0) is 32.9 Å². The molecule has 15 heavy (non-hydrogen) atoms. The van der Waals surface area contributed by atoms with Crippen molar-refractivity contribution in [1.29, 1.82) is 0 Å². The standard InChI is InChI=1S/C12H17NO2/c1-9(2)15-12(14)8-13-11-6-4-10(3)5-7-11/h4-7,9,13H,8H2,1-3H3. The SMILES string of the molecule is Cc1ccc(NCC(=O)OC(C)C)cc1.